The summed E-state index contributed by atoms with van der Waals surface area (Å²) in [6.07, 6.45) is 1.27. The summed E-state index contributed by atoms with van der Waals surface area (Å²) in [5.74, 6) is 1.37. The maximum Gasteiger partial charge on any atom is 0.226 e. The third-order valence-corrected chi connectivity index (χ3v) is 6.35. The molecule has 1 aromatic heterocycles. The van der Waals surface area contributed by atoms with Gasteiger partial charge in [-0.25, -0.2) is 4.98 Å². The average molecular weight is 438 g/mol. The lowest BCUT2D eigenvalue weighted by Gasteiger charge is -2.16. The average Bonchev–Trinajstić information content (AvgIpc) is 3.43. The minimum absolute atomic E-state index is 0.0238. The van der Waals surface area contributed by atoms with Crippen molar-refractivity contribution in [3.05, 3.63) is 65.2 Å². The Morgan fingerprint density at radius 3 is 2.74 bits per heavy atom. The number of hydrogen-bond donors (Lipinski definition) is 1. The van der Waals surface area contributed by atoms with E-state index in [0.29, 0.717) is 17.9 Å². The molecular formula is C24H27N3O3S. The van der Waals surface area contributed by atoms with Gasteiger partial charge in [-0.3, -0.25) is 9.69 Å². The zero-order valence-electron chi connectivity index (χ0n) is 17.8. The van der Waals surface area contributed by atoms with Gasteiger partial charge in [0.1, 0.15) is 5.01 Å². The second kappa shape index (κ2) is 9.94. The van der Waals surface area contributed by atoms with Crippen molar-refractivity contribution in [2.75, 3.05) is 27.3 Å². The third kappa shape index (κ3) is 5.42. The van der Waals surface area contributed by atoms with E-state index in [1.165, 1.54) is 16.9 Å². The van der Waals surface area contributed by atoms with Crippen LogP contribution in [-0.2, 0) is 17.8 Å². The van der Waals surface area contributed by atoms with Crippen LogP contribution in [-0.4, -0.2) is 49.1 Å². The van der Waals surface area contributed by atoms with Crippen molar-refractivity contribution in [2.45, 2.75) is 25.4 Å². The van der Waals surface area contributed by atoms with Gasteiger partial charge in [0.05, 0.1) is 26.3 Å². The molecule has 2 heterocycles. The molecular weight excluding hydrogens is 410 g/mol. The number of nitrogens with one attached hydrogen (secondary N) is 1. The van der Waals surface area contributed by atoms with Crippen molar-refractivity contribution in [1.82, 2.24) is 15.2 Å². The van der Waals surface area contributed by atoms with Crippen LogP contribution in [0.2, 0.25) is 0 Å². The lowest BCUT2D eigenvalue weighted by atomic mass is 10.2. The number of hydrogen-bond acceptors (Lipinski definition) is 6. The van der Waals surface area contributed by atoms with Gasteiger partial charge in [-0.2, -0.15) is 0 Å². The SMILES string of the molecule is COc1ccc(-c2nc(CC(=O)NC3CCN(Cc4ccccc4)C3)cs2)cc1OC. The highest BCUT2D eigenvalue weighted by atomic mass is 32.1. The summed E-state index contributed by atoms with van der Waals surface area (Å²) in [6, 6.07) is 16.4. The Morgan fingerprint density at radius 2 is 1.97 bits per heavy atom. The van der Waals surface area contributed by atoms with Crippen molar-refractivity contribution >= 4 is 17.2 Å². The number of methoxy groups -OCH3 is 2. The molecule has 7 heteroatoms. The molecule has 162 valence electrons. The first-order valence-corrected chi connectivity index (χ1v) is 11.2. The predicted molar refractivity (Wildman–Crippen MR) is 123 cm³/mol. The number of carbonyl (C=O) groups is 1. The molecule has 1 aliphatic heterocycles. The maximum absolute atomic E-state index is 12.6. The number of likely N-dealkylation sites (tertiary alicyclic amines) is 1. The van der Waals surface area contributed by atoms with E-state index >= 15 is 0 Å². The fourth-order valence-corrected chi connectivity index (χ4v) is 4.69. The van der Waals surface area contributed by atoms with E-state index < -0.39 is 0 Å². The number of amides is 1. The van der Waals surface area contributed by atoms with Gasteiger partial charge in [-0.1, -0.05) is 30.3 Å². The topological polar surface area (TPSA) is 63.7 Å². The predicted octanol–water partition coefficient (Wildman–Crippen LogP) is 3.76. The highest BCUT2D eigenvalue weighted by Gasteiger charge is 2.24. The molecule has 0 saturated carbocycles. The summed E-state index contributed by atoms with van der Waals surface area (Å²) in [5, 5.41) is 5.98. The molecule has 1 saturated heterocycles. The number of ether oxygens (including phenoxy) is 2. The van der Waals surface area contributed by atoms with E-state index in [-0.39, 0.29) is 11.9 Å². The molecule has 2 aromatic carbocycles. The Kier molecular flexibility index (Phi) is 6.84. The fraction of sp³-hybridized carbons (Fsp3) is 0.333. The largest absolute Gasteiger partial charge is 0.493 e. The number of aromatic nitrogens is 1. The van der Waals surface area contributed by atoms with Crippen molar-refractivity contribution in [3.8, 4) is 22.1 Å². The lowest BCUT2D eigenvalue weighted by Crippen LogP contribution is -2.37. The van der Waals surface area contributed by atoms with Gasteiger partial charge in [0.15, 0.2) is 11.5 Å². The molecule has 1 atom stereocenters. The normalized spacial score (nSPS) is 16.3. The molecule has 6 nitrogen and oxygen atoms in total. The quantitative estimate of drug-likeness (QED) is 0.581. The highest BCUT2D eigenvalue weighted by molar-refractivity contribution is 7.13. The fourth-order valence-electron chi connectivity index (χ4n) is 3.87. The van der Waals surface area contributed by atoms with Gasteiger partial charge >= 0.3 is 0 Å². The summed E-state index contributed by atoms with van der Waals surface area (Å²) in [7, 11) is 3.23. The van der Waals surface area contributed by atoms with Gasteiger partial charge in [-0.05, 0) is 30.2 Å². The van der Waals surface area contributed by atoms with Gasteiger partial charge < -0.3 is 14.8 Å². The van der Waals surface area contributed by atoms with Gasteiger partial charge in [0.25, 0.3) is 0 Å². The minimum atomic E-state index is 0.0238. The maximum atomic E-state index is 12.6. The second-order valence-corrected chi connectivity index (χ2v) is 8.52. The van der Waals surface area contributed by atoms with E-state index in [0.717, 1.165) is 42.3 Å². The highest BCUT2D eigenvalue weighted by Crippen LogP contribution is 2.33. The second-order valence-electron chi connectivity index (χ2n) is 7.66. The Bertz CT molecular complexity index is 1020. The molecule has 0 aliphatic carbocycles. The van der Waals surface area contributed by atoms with Crippen molar-refractivity contribution < 1.29 is 14.3 Å². The van der Waals surface area contributed by atoms with Crippen molar-refractivity contribution in [3.63, 3.8) is 0 Å². The summed E-state index contributed by atoms with van der Waals surface area (Å²) < 4.78 is 10.7. The first-order valence-electron chi connectivity index (χ1n) is 10.4. The summed E-state index contributed by atoms with van der Waals surface area (Å²) in [4.78, 5) is 19.6. The van der Waals surface area contributed by atoms with Gasteiger partial charge in [-0.15, -0.1) is 11.3 Å². The Hall–Kier alpha value is -2.90. The molecule has 0 spiro atoms. The Labute approximate surface area is 186 Å². The van der Waals surface area contributed by atoms with Crippen LogP contribution >= 0.6 is 11.3 Å². The van der Waals surface area contributed by atoms with Crippen LogP contribution in [0.4, 0.5) is 0 Å². The van der Waals surface area contributed by atoms with Crippen LogP contribution in [0.1, 0.15) is 17.7 Å². The molecule has 3 aromatic rings. The molecule has 1 fully saturated rings. The minimum Gasteiger partial charge on any atom is -0.493 e. The molecule has 0 bridgehead atoms. The van der Waals surface area contributed by atoms with Crippen LogP contribution in [0.5, 0.6) is 11.5 Å². The first kappa shape index (κ1) is 21.3. The molecule has 0 radical (unpaired) electrons. The number of nitrogens with zero attached hydrogens (tertiary/aromatic N) is 2. The molecule has 1 unspecified atom stereocenters. The Balaban J connectivity index is 1.30. The third-order valence-electron chi connectivity index (χ3n) is 5.41. The standard InChI is InChI=1S/C24H27N3O3S/c1-29-21-9-8-18(12-22(21)30-2)24-26-20(16-31-24)13-23(28)25-19-10-11-27(15-19)14-17-6-4-3-5-7-17/h3-9,12,16,19H,10-11,13-15H2,1-2H3,(H,25,28). The summed E-state index contributed by atoms with van der Waals surface area (Å²) in [6.45, 7) is 2.81. The zero-order chi connectivity index (χ0) is 21.6. The number of thiazole rings is 1. The van der Waals surface area contributed by atoms with Crippen LogP contribution in [0.15, 0.2) is 53.9 Å². The van der Waals surface area contributed by atoms with Gasteiger partial charge in [0, 0.05) is 36.6 Å². The monoisotopic (exact) mass is 437 g/mol. The van der Waals surface area contributed by atoms with E-state index in [4.69, 9.17) is 9.47 Å². The van der Waals surface area contributed by atoms with Gasteiger partial charge in [0.2, 0.25) is 5.91 Å². The van der Waals surface area contributed by atoms with E-state index in [2.05, 4.69) is 39.5 Å². The van der Waals surface area contributed by atoms with Crippen molar-refractivity contribution in [2.24, 2.45) is 0 Å². The zero-order valence-corrected chi connectivity index (χ0v) is 18.7. The van der Waals surface area contributed by atoms with E-state index in [1.807, 2.05) is 29.6 Å². The van der Waals surface area contributed by atoms with Crippen LogP contribution in [0, 0.1) is 0 Å². The smallest absolute Gasteiger partial charge is 0.226 e. The van der Waals surface area contributed by atoms with E-state index in [1.54, 1.807) is 14.2 Å². The molecule has 1 amide bonds. The summed E-state index contributed by atoms with van der Waals surface area (Å²) >= 11 is 1.53. The number of rotatable bonds is 8. The molecule has 4 rings (SSSR count). The van der Waals surface area contributed by atoms with Crippen LogP contribution in [0.25, 0.3) is 10.6 Å². The van der Waals surface area contributed by atoms with E-state index in [9.17, 15) is 4.79 Å². The van der Waals surface area contributed by atoms with Crippen molar-refractivity contribution in [1.29, 1.82) is 0 Å². The molecule has 31 heavy (non-hydrogen) atoms. The molecule has 1 N–H and O–H groups in total. The lowest BCUT2D eigenvalue weighted by molar-refractivity contribution is -0.121. The van der Waals surface area contributed by atoms with Crippen LogP contribution in [0.3, 0.4) is 0 Å². The summed E-state index contributed by atoms with van der Waals surface area (Å²) in [5.41, 5.74) is 3.03. The number of benzene rings is 2. The first-order chi connectivity index (χ1) is 15.1. The Morgan fingerprint density at radius 1 is 1.16 bits per heavy atom. The number of carbonyl (C=O) groups excluding carboxylic acids is 1. The van der Waals surface area contributed by atoms with Crippen LogP contribution < -0.4 is 14.8 Å². The molecule has 1 aliphatic rings.